The van der Waals surface area contributed by atoms with E-state index in [9.17, 15) is 13.2 Å². The molecule has 8 heteroatoms. The predicted octanol–water partition coefficient (Wildman–Crippen LogP) is 4.77. The molecule has 0 saturated heterocycles. The second-order valence-corrected chi connectivity index (χ2v) is 8.75. The molecule has 7 nitrogen and oxygen atoms in total. The molecule has 0 unspecified atom stereocenters. The van der Waals surface area contributed by atoms with Crippen LogP contribution in [0, 0.1) is 0 Å². The van der Waals surface area contributed by atoms with E-state index < -0.39 is 15.9 Å². The fourth-order valence-corrected chi connectivity index (χ4v) is 4.69. The predicted molar refractivity (Wildman–Crippen MR) is 124 cm³/mol. The zero-order chi connectivity index (χ0) is 23.1. The Hall–Kier alpha value is -3.36. The van der Waals surface area contributed by atoms with Gasteiger partial charge in [-0.15, -0.1) is 0 Å². The van der Waals surface area contributed by atoms with Crippen molar-refractivity contribution in [1.82, 2.24) is 4.31 Å². The summed E-state index contributed by atoms with van der Waals surface area (Å²) in [6.07, 6.45) is 0. The first-order valence-electron chi connectivity index (χ1n) is 10.2. The molecule has 0 heterocycles. The highest BCUT2D eigenvalue weighted by atomic mass is 32.2. The number of nitrogens with one attached hydrogen (secondary N) is 1. The maximum absolute atomic E-state index is 13.0. The van der Waals surface area contributed by atoms with E-state index in [1.807, 2.05) is 18.2 Å². The normalized spacial score (nSPS) is 11.2. The van der Waals surface area contributed by atoms with Crippen LogP contribution in [-0.4, -0.2) is 38.8 Å². The van der Waals surface area contributed by atoms with Crippen molar-refractivity contribution in [1.29, 1.82) is 0 Å². The summed E-state index contributed by atoms with van der Waals surface area (Å²) < 4.78 is 38.6. The fourth-order valence-electron chi connectivity index (χ4n) is 3.21. The van der Waals surface area contributed by atoms with Crippen LogP contribution in [0.1, 0.15) is 24.2 Å². The number of rotatable bonds is 9. The molecule has 1 amide bonds. The van der Waals surface area contributed by atoms with E-state index >= 15 is 0 Å². The SMILES string of the molecule is CCN(CC)S(=O)(=O)c1ccc(Oc2ccccc2)c(NC(=O)c2ccccc2OC)c1. The lowest BCUT2D eigenvalue weighted by Crippen LogP contribution is -2.30. The maximum Gasteiger partial charge on any atom is 0.259 e. The van der Waals surface area contributed by atoms with E-state index in [1.54, 1.807) is 56.3 Å². The van der Waals surface area contributed by atoms with Crippen LogP contribution in [0.2, 0.25) is 0 Å². The highest BCUT2D eigenvalue weighted by Crippen LogP contribution is 2.33. The number of amides is 1. The molecule has 3 rings (SSSR count). The van der Waals surface area contributed by atoms with Gasteiger partial charge in [0.2, 0.25) is 10.0 Å². The van der Waals surface area contributed by atoms with Gasteiger partial charge >= 0.3 is 0 Å². The summed E-state index contributed by atoms with van der Waals surface area (Å²) in [5.41, 5.74) is 0.552. The summed E-state index contributed by atoms with van der Waals surface area (Å²) in [4.78, 5) is 13.1. The van der Waals surface area contributed by atoms with Gasteiger partial charge in [-0.1, -0.05) is 44.2 Å². The second kappa shape index (κ2) is 10.3. The van der Waals surface area contributed by atoms with Gasteiger partial charge in [-0.2, -0.15) is 4.31 Å². The molecule has 0 radical (unpaired) electrons. The second-order valence-electron chi connectivity index (χ2n) is 6.82. The summed E-state index contributed by atoms with van der Waals surface area (Å²) >= 11 is 0. The number of carbonyl (C=O) groups excluding carboxylic acids is 1. The smallest absolute Gasteiger partial charge is 0.259 e. The van der Waals surface area contributed by atoms with Gasteiger partial charge in [0.05, 0.1) is 23.3 Å². The summed E-state index contributed by atoms with van der Waals surface area (Å²) in [5.74, 6) is 0.831. The van der Waals surface area contributed by atoms with Crippen LogP contribution in [0.5, 0.6) is 17.2 Å². The van der Waals surface area contributed by atoms with Crippen LogP contribution < -0.4 is 14.8 Å². The summed E-state index contributed by atoms with van der Waals surface area (Å²) in [6, 6.07) is 20.3. The highest BCUT2D eigenvalue weighted by molar-refractivity contribution is 7.89. The van der Waals surface area contributed by atoms with Crippen molar-refractivity contribution >= 4 is 21.6 Å². The molecule has 0 aliphatic rings. The average molecular weight is 455 g/mol. The van der Waals surface area contributed by atoms with E-state index in [1.165, 1.54) is 23.5 Å². The standard InChI is InChI=1S/C24H26N2O5S/c1-4-26(5-2)32(28,29)19-15-16-23(31-18-11-7-6-8-12-18)21(17-19)25-24(27)20-13-9-10-14-22(20)30-3/h6-17H,4-5H2,1-3H3,(H,25,27). The maximum atomic E-state index is 13.0. The molecule has 0 bridgehead atoms. The van der Waals surface area contributed by atoms with Gasteiger partial charge in [0.25, 0.3) is 5.91 Å². The van der Waals surface area contributed by atoms with Crippen molar-refractivity contribution in [2.45, 2.75) is 18.7 Å². The number of nitrogens with zero attached hydrogens (tertiary/aromatic N) is 1. The number of anilines is 1. The van der Waals surface area contributed by atoms with Crippen molar-refractivity contribution in [2.75, 3.05) is 25.5 Å². The van der Waals surface area contributed by atoms with Gasteiger partial charge in [-0.05, 0) is 42.5 Å². The third kappa shape index (κ3) is 5.09. The van der Waals surface area contributed by atoms with Gasteiger partial charge in [0.1, 0.15) is 11.5 Å². The van der Waals surface area contributed by atoms with Gasteiger partial charge in [0.15, 0.2) is 5.75 Å². The van der Waals surface area contributed by atoms with E-state index in [2.05, 4.69) is 5.32 Å². The Morgan fingerprint density at radius 1 is 0.906 bits per heavy atom. The zero-order valence-corrected chi connectivity index (χ0v) is 19.1. The third-order valence-corrected chi connectivity index (χ3v) is 6.91. The number of sulfonamides is 1. The number of ether oxygens (including phenoxy) is 2. The lowest BCUT2D eigenvalue weighted by atomic mass is 10.2. The molecule has 0 aliphatic carbocycles. The molecule has 168 valence electrons. The van der Waals surface area contributed by atoms with Gasteiger partial charge < -0.3 is 14.8 Å². The highest BCUT2D eigenvalue weighted by Gasteiger charge is 2.24. The van der Waals surface area contributed by atoms with Crippen LogP contribution in [0.4, 0.5) is 5.69 Å². The molecule has 3 aromatic carbocycles. The lowest BCUT2D eigenvalue weighted by molar-refractivity contribution is 0.102. The average Bonchev–Trinajstić information content (AvgIpc) is 2.81. The molecule has 32 heavy (non-hydrogen) atoms. The molecule has 1 N–H and O–H groups in total. The Morgan fingerprint density at radius 2 is 1.56 bits per heavy atom. The molecule has 0 aliphatic heterocycles. The molecule has 0 spiro atoms. The Bertz CT molecular complexity index is 1180. The van der Waals surface area contributed by atoms with Crippen molar-refractivity contribution in [2.24, 2.45) is 0 Å². The minimum Gasteiger partial charge on any atom is -0.496 e. The molecule has 3 aromatic rings. The van der Waals surface area contributed by atoms with E-state index in [4.69, 9.17) is 9.47 Å². The lowest BCUT2D eigenvalue weighted by Gasteiger charge is -2.20. The minimum atomic E-state index is -3.72. The van der Waals surface area contributed by atoms with Crippen molar-refractivity contribution in [3.8, 4) is 17.2 Å². The monoisotopic (exact) mass is 454 g/mol. The Labute approximate surface area is 188 Å². The first-order valence-corrected chi connectivity index (χ1v) is 11.7. The number of carbonyl (C=O) groups is 1. The third-order valence-electron chi connectivity index (χ3n) is 4.87. The van der Waals surface area contributed by atoms with Crippen LogP contribution in [0.25, 0.3) is 0 Å². The van der Waals surface area contributed by atoms with Gasteiger partial charge in [-0.3, -0.25) is 4.79 Å². The van der Waals surface area contributed by atoms with E-state index in [-0.39, 0.29) is 10.6 Å². The number of hydrogen-bond acceptors (Lipinski definition) is 5. The molecular weight excluding hydrogens is 428 g/mol. The summed E-state index contributed by atoms with van der Waals surface area (Å²) in [6.45, 7) is 4.23. The number of hydrogen-bond donors (Lipinski definition) is 1. The minimum absolute atomic E-state index is 0.0666. The Balaban J connectivity index is 2.04. The largest absolute Gasteiger partial charge is 0.496 e. The summed E-state index contributed by atoms with van der Waals surface area (Å²) in [5, 5.41) is 2.78. The van der Waals surface area contributed by atoms with Crippen LogP contribution in [0.3, 0.4) is 0 Å². The van der Waals surface area contributed by atoms with Crippen LogP contribution >= 0.6 is 0 Å². The van der Waals surface area contributed by atoms with Gasteiger partial charge in [-0.25, -0.2) is 8.42 Å². The number of para-hydroxylation sites is 2. The number of benzene rings is 3. The Morgan fingerprint density at radius 3 is 2.22 bits per heavy atom. The van der Waals surface area contributed by atoms with Crippen LogP contribution in [0.15, 0.2) is 77.7 Å². The number of methoxy groups -OCH3 is 1. The van der Waals surface area contributed by atoms with Gasteiger partial charge in [0, 0.05) is 13.1 Å². The first-order chi connectivity index (χ1) is 15.4. The molecular formula is C24H26N2O5S. The van der Waals surface area contributed by atoms with Crippen molar-refractivity contribution in [3.63, 3.8) is 0 Å². The Kier molecular flexibility index (Phi) is 7.50. The van der Waals surface area contributed by atoms with E-state index in [0.29, 0.717) is 35.9 Å². The molecule has 0 aromatic heterocycles. The zero-order valence-electron chi connectivity index (χ0n) is 18.2. The van der Waals surface area contributed by atoms with Crippen molar-refractivity contribution in [3.05, 3.63) is 78.4 Å². The summed E-state index contributed by atoms with van der Waals surface area (Å²) in [7, 11) is -2.25. The van der Waals surface area contributed by atoms with Crippen LogP contribution in [-0.2, 0) is 10.0 Å². The quantitative estimate of drug-likeness (QED) is 0.503. The fraction of sp³-hybridized carbons (Fsp3) is 0.208. The van der Waals surface area contributed by atoms with Crippen molar-refractivity contribution < 1.29 is 22.7 Å². The first kappa shape index (κ1) is 23.3. The topological polar surface area (TPSA) is 84.9 Å². The molecule has 0 atom stereocenters. The van der Waals surface area contributed by atoms with E-state index in [0.717, 1.165) is 0 Å². The molecule has 0 fully saturated rings. The molecule has 0 saturated carbocycles.